The fourth-order valence-corrected chi connectivity index (χ4v) is 3.07. The first-order chi connectivity index (χ1) is 13.0. The summed E-state index contributed by atoms with van der Waals surface area (Å²) in [5.41, 5.74) is 1.09. The summed E-state index contributed by atoms with van der Waals surface area (Å²) >= 11 is 1.28. The number of nitrogens with one attached hydrogen (secondary N) is 1. The van der Waals surface area contributed by atoms with Gasteiger partial charge in [-0.3, -0.25) is 9.59 Å². The van der Waals surface area contributed by atoms with E-state index in [1.165, 1.54) is 16.7 Å². The summed E-state index contributed by atoms with van der Waals surface area (Å²) in [5.74, 6) is 0.639. The molecule has 0 unspecified atom stereocenters. The van der Waals surface area contributed by atoms with Gasteiger partial charge in [-0.2, -0.15) is 0 Å². The van der Waals surface area contributed by atoms with E-state index < -0.39 is 0 Å². The second kappa shape index (κ2) is 8.54. The first kappa shape index (κ1) is 18.7. The number of hydrogen-bond donors (Lipinski definition) is 1. The summed E-state index contributed by atoms with van der Waals surface area (Å²) in [7, 11) is 3.37. The van der Waals surface area contributed by atoms with Gasteiger partial charge in [0, 0.05) is 25.3 Å². The molecule has 0 saturated heterocycles. The molecule has 0 bridgehead atoms. The molecular formula is C18H19N5O3S. The zero-order valence-electron chi connectivity index (χ0n) is 15.0. The first-order valence-electron chi connectivity index (χ1n) is 8.17. The summed E-state index contributed by atoms with van der Waals surface area (Å²) in [5, 5.41) is 11.3. The highest BCUT2D eigenvalue weighted by Crippen LogP contribution is 2.18. The van der Waals surface area contributed by atoms with Crippen LogP contribution < -0.4 is 5.32 Å². The van der Waals surface area contributed by atoms with Crippen LogP contribution in [-0.4, -0.2) is 51.3 Å². The third-order valence-electron chi connectivity index (χ3n) is 3.62. The van der Waals surface area contributed by atoms with Gasteiger partial charge >= 0.3 is 0 Å². The molecule has 2 amide bonds. The number of anilines is 1. The molecule has 1 aromatic carbocycles. The number of nitrogens with zero attached hydrogens (tertiary/aromatic N) is 4. The van der Waals surface area contributed by atoms with E-state index in [1.54, 1.807) is 51.0 Å². The lowest BCUT2D eigenvalue weighted by Crippen LogP contribution is -2.22. The molecule has 0 radical (unpaired) electrons. The molecule has 0 fully saturated rings. The fraction of sp³-hybridized carbons (Fsp3) is 0.222. The van der Waals surface area contributed by atoms with Crippen molar-refractivity contribution < 1.29 is 14.0 Å². The maximum atomic E-state index is 12.2. The van der Waals surface area contributed by atoms with Crippen LogP contribution in [0.2, 0.25) is 0 Å². The molecule has 3 rings (SSSR count). The third-order valence-corrected chi connectivity index (χ3v) is 4.60. The molecule has 2 aromatic heterocycles. The largest absolute Gasteiger partial charge is 0.467 e. The van der Waals surface area contributed by atoms with Gasteiger partial charge in [-0.15, -0.1) is 10.2 Å². The Bertz CT molecular complexity index is 921. The molecule has 1 N–H and O–H groups in total. The fourth-order valence-electron chi connectivity index (χ4n) is 2.35. The molecular weight excluding hydrogens is 366 g/mol. The lowest BCUT2D eigenvalue weighted by Gasteiger charge is -2.11. The minimum Gasteiger partial charge on any atom is -0.467 e. The van der Waals surface area contributed by atoms with Crippen LogP contribution >= 0.6 is 11.8 Å². The van der Waals surface area contributed by atoms with E-state index in [2.05, 4.69) is 15.5 Å². The van der Waals surface area contributed by atoms with Gasteiger partial charge in [-0.05, 0) is 30.3 Å². The molecule has 0 aliphatic carbocycles. The molecule has 9 heteroatoms. The van der Waals surface area contributed by atoms with Crippen molar-refractivity contribution in [2.24, 2.45) is 0 Å². The van der Waals surface area contributed by atoms with Crippen molar-refractivity contribution in [2.75, 3.05) is 25.2 Å². The predicted octanol–water partition coefficient (Wildman–Crippen LogP) is 2.35. The van der Waals surface area contributed by atoms with Crippen molar-refractivity contribution in [3.05, 3.63) is 60.3 Å². The Morgan fingerprint density at radius 1 is 1.26 bits per heavy atom. The molecule has 8 nitrogen and oxygen atoms in total. The van der Waals surface area contributed by atoms with Crippen molar-refractivity contribution in [1.82, 2.24) is 19.7 Å². The van der Waals surface area contributed by atoms with E-state index in [9.17, 15) is 9.59 Å². The van der Waals surface area contributed by atoms with E-state index >= 15 is 0 Å². The SMILES string of the molecule is CN(C)C(=O)c1cccc(NC(=O)CSc2nncn2Cc2ccco2)c1. The van der Waals surface area contributed by atoms with Crippen LogP contribution in [0.3, 0.4) is 0 Å². The number of carbonyl (C=O) groups is 2. The van der Waals surface area contributed by atoms with Crippen molar-refractivity contribution in [1.29, 1.82) is 0 Å². The number of carbonyl (C=O) groups excluding carboxylic acids is 2. The summed E-state index contributed by atoms with van der Waals surface area (Å²) < 4.78 is 7.13. The van der Waals surface area contributed by atoms with E-state index in [-0.39, 0.29) is 17.6 Å². The highest BCUT2D eigenvalue weighted by molar-refractivity contribution is 7.99. The lowest BCUT2D eigenvalue weighted by molar-refractivity contribution is -0.113. The van der Waals surface area contributed by atoms with Gasteiger partial charge in [0.2, 0.25) is 5.91 Å². The number of thioether (sulfide) groups is 1. The summed E-state index contributed by atoms with van der Waals surface area (Å²) in [6.45, 7) is 0.499. The number of benzene rings is 1. The van der Waals surface area contributed by atoms with Crippen molar-refractivity contribution in [3.63, 3.8) is 0 Å². The van der Waals surface area contributed by atoms with Crippen molar-refractivity contribution in [2.45, 2.75) is 11.7 Å². The normalized spacial score (nSPS) is 10.6. The Labute approximate surface area is 160 Å². The van der Waals surface area contributed by atoms with Crippen LogP contribution in [-0.2, 0) is 11.3 Å². The van der Waals surface area contributed by atoms with Gasteiger partial charge in [0.25, 0.3) is 5.91 Å². The maximum Gasteiger partial charge on any atom is 0.253 e. The second-order valence-corrected chi connectivity index (χ2v) is 6.88. The highest BCUT2D eigenvalue weighted by atomic mass is 32.2. The zero-order valence-corrected chi connectivity index (χ0v) is 15.8. The molecule has 27 heavy (non-hydrogen) atoms. The Morgan fingerprint density at radius 3 is 2.85 bits per heavy atom. The summed E-state index contributed by atoms with van der Waals surface area (Å²) in [4.78, 5) is 25.8. The molecule has 0 saturated carbocycles. The van der Waals surface area contributed by atoms with E-state index in [0.717, 1.165) is 5.76 Å². The van der Waals surface area contributed by atoms with Crippen LogP contribution in [0.5, 0.6) is 0 Å². The number of hydrogen-bond acceptors (Lipinski definition) is 6. The molecule has 2 heterocycles. The average molecular weight is 385 g/mol. The minimum absolute atomic E-state index is 0.119. The smallest absolute Gasteiger partial charge is 0.253 e. The predicted molar refractivity (Wildman–Crippen MR) is 102 cm³/mol. The maximum absolute atomic E-state index is 12.2. The lowest BCUT2D eigenvalue weighted by atomic mass is 10.2. The standard InChI is InChI=1S/C18H19N5O3S/c1-22(2)17(25)13-5-3-6-14(9-13)20-16(24)11-27-18-21-19-12-23(18)10-15-7-4-8-26-15/h3-9,12H,10-11H2,1-2H3,(H,20,24). The number of furan rings is 1. The van der Waals surface area contributed by atoms with Crippen LogP contribution in [0.1, 0.15) is 16.1 Å². The summed E-state index contributed by atoms with van der Waals surface area (Å²) in [6, 6.07) is 10.5. The zero-order chi connectivity index (χ0) is 19.2. The Morgan fingerprint density at radius 2 is 2.11 bits per heavy atom. The van der Waals surface area contributed by atoms with E-state index in [4.69, 9.17) is 4.42 Å². The van der Waals surface area contributed by atoms with E-state index in [0.29, 0.717) is 23.0 Å². The van der Waals surface area contributed by atoms with Gasteiger partial charge in [-0.1, -0.05) is 17.8 Å². The van der Waals surface area contributed by atoms with Crippen molar-refractivity contribution in [3.8, 4) is 0 Å². The summed E-state index contributed by atoms with van der Waals surface area (Å²) in [6.07, 6.45) is 3.20. The quantitative estimate of drug-likeness (QED) is 0.628. The molecule has 0 atom stereocenters. The molecule has 0 aliphatic heterocycles. The van der Waals surface area contributed by atoms with Crippen LogP contribution in [0.25, 0.3) is 0 Å². The molecule has 3 aromatic rings. The molecule has 0 spiro atoms. The van der Waals surface area contributed by atoms with Gasteiger partial charge in [-0.25, -0.2) is 0 Å². The van der Waals surface area contributed by atoms with Gasteiger partial charge < -0.3 is 19.2 Å². The first-order valence-corrected chi connectivity index (χ1v) is 9.16. The van der Waals surface area contributed by atoms with Crippen LogP contribution in [0, 0.1) is 0 Å². The molecule has 140 valence electrons. The topological polar surface area (TPSA) is 93.3 Å². The average Bonchev–Trinajstić information content (AvgIpc) is 3.32. The minimum atomic E-state index is -0.193. The Hall–Kier alpha value is -3.07. The monoisotopic (exact) mass is 385 g/mol. The van der Waals surface area contributed by atoms with Gasteiger partial charge in [0.05, 0.1) is 18.6 Å². The van der Waals surface area contributed by atoms with Crippen LogP contribution in [0.4, 0.5) is 5.69 Å². The van der Waals surface area contributed by atoms with Crippen LogP contribution in [0.15, 0.2) is 58.6 Å². The van der Waals surface area contributed by atoms with Gasteiger partial charge in [0.1, 0.15) is 12.1 Å². The Kier molecular flexibility index (Phi) is 5.92. The molecule has 0 aliphatic rings. The van der Waals surface area contributed by atoms with E-state index in [1.807, 2.05) is 16.7 Å². The highest BCUT2D eigenvalue weighted by Gasteiger charge is 2.12. The third kappa shape index (κ3) is 4.98. The van der Waals surface area contributed by atoms with Crippen molar-refractivity contribution >= 4 is 29.3 Å². The number of rotatable bonds is 7. The number of aromatic nitrogens is 3. The van der Waals surface area contributed by atoms with Gasteiger partial charge in [0.15, 0.2) is 5.16 Å². The number of amides is 2. The Balaban J connectivity index is 1.57. The second-order valence-electron chi connectivity index (χ2n) is 5.94.